The van der Waals surface area contributed by atoms with E-state index in [1.807, 2.05) is 54.3 Å². The summed E-state index contributed by atoms with van der Waals surface area (Å²) in [5, 5.41) is 0. The molecule has 0 radical (unpaired) electrons. The van der Waals surface area contributed by atoms with E-state index >= 15 is 0 Å². The van der Waals surface area contributed by atoms with Gasteiger partial charge in [-0.05, 0) is 50.1 Å². The number of benzene rings is 2. The van der Waals surface area contributed by atoms with Crippen LogP contribution in [-0.2, 0) is 6.61 Å². The molecule has 1 aliphatic rings. The molecule has 0 atom stereocenters. The Balaban J connectivity index is 1.76. The van der Waals surface area contributed by atoms with Crippen LogP contribution in [0.3, 0.4) is 0 Å². The second-order valence-electron chi connectivity index (χ2n) is 6.13. The zero-order valence-electron chi connectivity index (χ0n) is 14.2. The maximum absolute atomic E-state index is 12.6. The Morgan fingerprint density at radius 1 is 1.08 bits per heavy atom. The molecule has 0 spiro atoms. The lowest BCUT2D eigenvalue weighted by molar-refractivity contribution is 0.0792. The highest BCUT2D eigenvalue weighted by atomic mass is 16.5. The van der Waals surface area contributed by atoms with Gasteiger partial charge in [0.2, 0.25) is 0 Å². The number of ether oxygens (including phenoxy) is 2. The van der Waals surface area contributed by atoms with Gasteiger partial charge in [0.1, 0.15) is 18.1 Å². The number of hydrogen-bond donors (Lipinski definition) is 0. The molecule has 0 aliphatic carbocycles. The molecule has 1 aliphatic heterocycles. The van der Waals surface area contributed by atoms with Crippen molar-refractivity contribution in [1.29, 1.82) is 0 Å². The summed E-state index contributed by atoms with van der Waals surface area (Å²) in [6.07, 6.45) is 2.18. The maximum Gasteiger partial charge on any atom is 0.253 e. The van der Waals surface area contributed by atoms with E-state index in [9.17, 15) is 4.79 Å². The summed E-state index contributed by atoms with van der Waals surface area (Å²) < 4.78 is 11.3. The quantitative estimate of drug-likeness (QED) is 0.839. The number of methoxy groups -OCH3 is 1. The van der Waals surface area contributed by atoms with Crippen molar-refractivity contribution in [3.05, 3.63) is 59.2 Å². The van der Waals surface area contributed by atoms with Gasteiger partial charge in [0, 0.05) is 24.2 Å². The summed E-state index contributed by atoms with van der Waals surface area (Å²) >= 11 is 0. The SMILES string of the molecule is COc1ccc(C(=O)N2CCCC2)cc1COc1ccc(C)cc1. The molecule has 0 unspecified atom stereocenters. The van der Waals surface area contributed by atoms with Crippen LogP contribution in [0.2, 0.25) is 0 Å². The molecule has 24 heavy (non-hydrogen) atoms. The maximum atomic E-state index is 12.6. The first-order valence-electron chi connectivity index (χ1n) is 8.33. The lowest BCUT2D eigenvalue weighted by Gasteiger charge is -2.17. The second-order valence-corrected chi connectivity index (χ2v) is 6.13. The summed E-state index contributed by atoms with van der Waals surface area (Å²) in [6, 6.07) is 13.5. The average molecular weight is 325 g/mol. The van der Waals surface area contributed by atoms with E-state index in [-0.39, 0.29) is 5.91 Å². The van der Waals surface area contributed by atoms with E-state index in [4.69, 9.17) is 9.47 Å². The molecule has 0 aromatic heterocycles. The van der Waals surface area contributed by atoms with Crippen LogP contribution < -0.4 is 9.47 Å². The number of likely N-dealkylation sites (tertiary alicyclic amines) is 1. The number of carbonyl (C=O) groups is 1. The molecule has 3 rings (SSSR count). The van der Waals surface area contributed by atoms with Crippen LogP contribution in [0.15, 0.2) is 42.5 Å². The van der Waals surface area contributed by atoms with E-state index in [1.165, 1.54) is 5.56 Å². The molecule has 2 aromatic carbocycles. The zero-order chi connectivity index (χ0) is 16.9. The Labute approximate surface area is 143 Å². The topological polar surface area (TPSA) is 38.8 Å². The van der Waals surface area contributed by atoms with Crippen molar-refractivity contribution >= 4 is 5.91 Å². The van der Waals surface area contributed by atoms with E-state index < -0.39 is 0 Å². The fourth-order valence-electron chi connectivity index (χ4n) is 2.92. The minimum Gasteiger partial charge on any atom is -0.496 e. The Hall–Kier alpha value is -2.49. The van der Waals surface area contributed by atoms with Gasteiger partial charge in [-0.3, -0.25) is 4.79 Å². The average Bonchev–Trinajstić information content (AvgIpc) is 3.15. The smallest absolute Gasteiger partial charge is 0.253 e. The molecule has 2 aromatic rings. The van der Waals surface area contributed by atoms with Gasteiger partial charge < -0.3 is 14.4 Å². The number of hydrogen-bond acceptors (Lipinski definition) is 3. The molecule has 0 saturated carbocycles. The van der Waals surface area contributed by atoms with Gasteiger partial charge >= 0.3 is 0 Å². The number of carbonyl (C=O) groups excluding carboxylic acids is 1. The molecule has 0 bridgehead atoms. The van der Waals surface area contributed by atoms with Crippen molar-refractivity contribution in [3.8, 4) is 11.5 Å². The highest BCUT2D eigenvalue weighted by Crippen LogP contribution is 2.24. The highest BCUT2D eigenvalue weighted by molar-refractivity contribution is 5.94. The van der Waals surface area contributed by atoms with Gasteiger partial charge in [0.15, 0.2) is 0 Å². The third-order valence-electron chi connectivity index (χ3n) is 4.34. The number of nitrogens with zero attached hydrogens (tertiary/aromatic N) is 1. The van der Waals surface area contributed by atoms with E-state index in [1.54, 1.807) is 7.11 Å². The van der Waals surface area contributed by atoms with Crippen molar-refractivity contribution in [2.24, 2.45) is 0 Å². The van der Waals surface area contributed by atoms with Crippen molar-refractivity contribution < 1.29 is 14.3 Å². The van der Waals surface area contributed by atoms with E-state index in [2.05, 4.69) is 0 Å². The van der Waals surface area contributed by atoms with Crippen LogP contribution in [0.4, 0.5) is 0 Å². The summed E-state index contributed by atoms with van der Waals surface area (Å²) in [4.78, 5) is 14.5. The number of rotatable bonds is 5. The first-order chi connectivity index (χ1) is 11.7. The second kappa shape index (κ2) is 7.39. The highest BCUT2D eigenvalue weighted by Gasteiger charge is 2.20. The molecule has 1 amide bonds. The molecule has 1 saturated heterocycles. The van der Waals surface area contributed by atoms with Crippen molar-refractivity contribution in [1.82, 2.24) is 4.90 Å². The number of aryl methyl sites for hydroxylation is 1. The molecular weight excluding hydrogens is 302 g/mol. The molecule has 126 valence electrons. The van der Waals surface area contributed by atoms with Crippen LogP contribution >= 0.6 is 0 Å². The summed E-state index contributed by atoms with van der Waals surface area (Å²) in [6.45, 7) is 4.10. The number of amides is 1. The standard InChI is InChI=1S/C20H23NO3/c1-15-5-8-18(9-6-15)24-14-17-13-16(7-10-19(17)23-2)20(22)21-11-3-4-12-21/h5-10,13H,3-4,11-12,14H2,1-2H3. The van der Waals surface area contributed by atoms with Crippen LogP contribution in [0.5, 0.6) is 11.5 Å². The van der Waals surface area contributed by atoms with Crippen molar-refractivity contribution in [3.63, 3.8) is 0 Å². The van der Waals surface area contributed by atoms with Crippen LogP contribution in [0, 0.1) is 6.92 Å². The fourth-order valence-corrected chi connectivity index (χ4v) is 2.92. The summed E-state index contributed by atoms with van der Waals surface area (Å²) in [5.74, 6) is 1.63. The molecule has 4 heteroatoms. The third-order valence-corrected chi connectivity index (χ3v) is 4.34. The Kier molecular flexibility index (Phi) is 5.04. The Morgan fingerprint density at radius 3 is 2.46 bits per heavy atom. The van der Waals surface area contributed by atoms with E-state index in [0.29, 0.717) is 12.2 Å². The largest absolute Gasteiger partial charge is 0.496 e. The van der Waals surface area contributed by atoms with Crippen molar-refractivity contribution in [2.75, 3.05) is 20.2 Å². The van der Waals surface area contributed by atoms with Crippen molar-refractivity contribution in [2.45, 2.75) is 26.4 Å². The Bertz CT molecular complexity index is 703. The van der Waals surface area contributed by atoms with Crippen LogP contribution in [-0.4, -0.2) is 31.0 Å². The minimum absolute atomic E-state index is 0.0896. The zero-order valence-corrected chi connectivity index (χ0v) is 14.2. The van der Waals surface area contributed by atoms with Gasteiger partial charge in [-0.2, -0.15) is 0 Å². The molecular formula is C20H23NO3. The minimum atomic E-state index is 0.0896. The predicted molar refractivity (Wildman–Crippen MR) is 93.6 cm³/mol. The monoisotopic (exact) mass is 325 g/mol. The van der Waals surface area contributed by atoms with Gasteiger partial charge in [-0.15, -0.1) is 0 Å². The first-order valence-corrected chi connectivity index (χ1v) is 8.33. The van der Waals surface area contributed by atoms with Gasteiger partial charge in [-0.1, -0.05) is 17.7 Å². The van der Waals surface area contributed by atoms with Crippen LogP contribution in [0.25, 0.3) is 0 Å². The molecule has 4 nitrogen and oxygen atoms in total. The summed E-state index contributed by atoms with van der Waals surface area (Å²) in [7, 11) is 1.63. The lowest BCUT2D eigenvalue weighted by Crippen LogP contribution is -2.27. The summed E-state index contributed by atoms with van der Waals surface area (Å²) in [5.41, 5.74) is 2.77. The van der Waals surface area contributed by atoms with Gasteiger partial charge in [0.25, 0.3) is 5.91 Å². The predicted octanol–water partition coefficient (Wildman–Crippen LogP) is 3.82. The van der Waals surface area contributed by atoms with Gasteiger partial charge in [0.05, 0.1) is 7.11 Å². The molecule has 1 heterocycles. The van der Waals surface area contributed by atoms with E-state index in [0.717, 1.165) is 43.0 Å². The normalized spacial score (nSPS) is 13.8. The fraction of sp³-hybridized carbons (Fsp3) is 0.350. The Morgan fingerprint density at radius 2 is 1.79 bits per heavy atom. The van der Waals surface area contributed by atoms with Gasteiger partial charge in [-0.25, -0.2) is 0 Å². The van der Waals surface area contributed by atoms with Crippen LogP contribution in [0.1, 0.15) is 34.3 Å². The first kappa shape index (κ1) is 16.4. The lowest BCUT2D eigenvalue weighted by atomic mass is 10.1. The molecule has 1 fully saturated rings. The third kappa shape index (κ3) is 3.70. The molecule has 0 N–H and O–H groups in total.